The van der Waals surface area contributed by atoms with Crippen LogP contribution in [0.1, 0.15) is 31.8 Å². The van der Waals surface area contributed by atoms with Gasteiger partial charge in [0, 0.05) is 51.1 Å². The van der Waals surface area contributed by atoms with E-state index in [1.807, 2.05) is 0 Å². The van der Waals surface area contributed by atoms with Crippen molar-refractivity contribution in [1.82, 2.24) is 0 Å². The van der Waals surface area contributed by atoms with Crippen molar-refractivity contribution in [2.24, 2.45) is 20.5 Å². The van der Waals surface area contributed by atoms with E-state index in [1.54, 1.807) is 36.4 Å². The van der Waals surface area contributed by atoms with Crippen LogP contribution in [0.2, 0.25) is 0 Å². The molecule has 0 heterocycles. The maximum Gasteiger partial charge on any atom is 0.339 e. The van der Waals surface area contributed by atoms with Crippen LogP contribution in [-0.4, -0.2) is 87.9 Å². The topological polar surface area (TPSA) is 273 Å². The third kappa shape index (κ3) is 8.71. The number of phenols is 2. The quantitative estimate of drug-likeness (QED) is 0.0422. The summed E-state index contributed by atoms with van der Waals surface area (Å²) in [5.74, 6) is -3.76. The predicted octanol–water partition coefficient (Wildman–Crippen LogP) is 7.53. The van der Waals surface area contributed by atoms with E-state index in [0.29, 0.717) is 10.8 Å². The Morgan fingerprint density at radius 2 is 0.855 bits per heavy atom. The largest absolute Gasteiger partial charge is 0.506 e. The van der Waals surface area contributed by atoms with E-state index >= 15 is 0 Å². The Kier molecular flexibility index (Phi) is 11.8. The number of aromatic hydroxyl groups is 2. The van der Waals surface area contributed by atoms with Gasteiger partial charge in [-0.1, -0.05) is 60.7 Å². The molecule has 0 unspecified atom stereocenters. The first-order valence-corrected chi connectivity index (χ1v) is 18.4. The normalized spacial score (nSPS) is 12.0. The molecule has 0 atom stereocenters. The van der Waals surface area contributed by atoms with Crippen molar-refractivity contribution in [1.29, 1.82) is 0 Å². The van der Waals surface area contributed by atoms with Gasteiger partial charge >= 0.3 is 11.9 Å². The fourth-order valence-electron chi connectivity index (χ4n) is 5.77. The second-order valence-electron chi connectivity index (χ2n) is 11.7. The molecular weight excluding hydrogens is 768 g/mol. The molecule has 6 aromatic carbocycles. The smallest absolute Gasteiger partial charge is 0.339 e. The number of hydrogen-bond acceptors (Lipinski definition) is 12. The van der Waals surface area contributed by atoms with Crippen molar-refractivity contribution in [2.75, 3.05) is 0 Å². The average Bonchev–Trinajstić information content (AvgIpc) is 3.13. The van der Waals surface area contributed by atoms with Gasteiger partial charge in [0.05, 0.1) is 32.5 Å². The summed E-state index contributed by atoms with van der Waals surface area (Å²) in [5.41, 5.74) is -0.747. The van der Waals surface area contributed by atoms with E-state index in [-0.39, 0.29) is 87.0 Å². The Balaban J connectivity index is 0.00000580. The Morgan fingerprint density at radius 1 is 0.509 bits per heavy atom. The molecule has 6 rings (SSSR count). The minimum Gasteiger partial charge on any atom is -0.506 e. The molecular formula is C36H26N4NaO12S2. The summed E-state index contributed by atoms with van der Waals surface area (Å²) in [7, 11) is -9.73. The van der Waals surface area contributed by atoms with Crippen molar-refractivity contribution < 1.29 is 56.0 Å². The number of benzene rings is 6. The van der Waals surface area contributed by atoms with Gasteiger partial charge in [0.1, 0.15) is 22.6 Å². The van der Waals surface area contributed by atoms with Crippen LogP contribution in [0, 0.1) is 0 Å². The number of hydrogen-bond donors (Lipinski definition) is 6. The van der Waals surface area contributed by atoms with Crippen LogP contribution in [0.3, 0.4) is 0 Å². The zero-order valence-electron chi connectivity index (χ0n) is 28.4. The van der Waals surface area contributed by atoms with E-state index in [2.05, 4.69) is 20.5 Å². The van der Waals surface area contributed by atoms with Gasteiger partial charge in [-0.3, -0.25) is 9.11 Å². The van der Waals surface area contributed by atoms with Crippen molar-refractivity contribution in [3.8, 4) is 11.5 Å². The average molecular weight is 794 g/mol. The summed E-state index contributed by atoms with van der Waals surface area (Å²) in [6, 6.07) is 22.2. The molecule has 1 radical (unpaired) electrons. The van der Waals surface area contributed by atoms with Crippen LogP contribution in [-0.2, 0) is 33.1 Å². The van der Waals surface area contributed by atoms with Gasteiger partial charge in [0.2, 0.25) is 0 Å². The van der Waals surface area contributed by atoms with Gasteiger partial charge in [0.25, 0.3) is 20.2 Å². The minimum absolute atomic E-state index is 0. The van der Waals surface area contributed by atoms with Crippen LogP contribution < -0.4 is 0 Å². The van der Waals surface area contributed by atoms with E-state index in [4.69, 9.17) is 0 Å². The van der Waals surface area contributed by atoms with Gasteiger partial charge in [0.15, 0.2) is 0 Å². The zero-order valence-corrected chi connectivity index (χ0v) is 32.0. The SMILES string of the molecule is O=C(O)c1cc(N=Nc2ccc(CCc3ccc(N=Nc4cc(C(=O)O)c(O)c5ccccc45)cc3S(=O)(=O)O)c(S(=O)(=O)O)c2)c2ccccc2c1O.[Na]. The Hall–Kier alpha value is -5.60. The Morgan fingerprint density at radius 3 is 1.18 bits per heavy atom. The first kappa shape index (κ1) is 40.6. The molecule has 6 N–H and O–H groups in total. The predicted molar refractivity (Wildman–Crippen MR) is 199 cm³/mol. The maximum atomic E-state index is 12.4. The number of aromatic carboxylic acids is 2. The number of nitrogens with zero attached hydrogens (tertiary/aromatic N) is 4. The molecule has 0 bridgehead atoms. The van der Waals surface area contributed by atoms with Crippen LogP contribution in [0.5, 0.6) is 11.5 Å². The molecule has 19 heteroatoms. The first-order chi connectivity index (χ1) is 25.5. The first-order valence-electron chi connectivity index (χ1n) is 15.5. The third-order valence-corrected chi connectivity index (χ3v) is 10.2. The number of azo groups is 2. The summed E-state index contributed by atoms with van der Waals surface area (Å²) in [6.45, 7) is 0. The standard InChI is InChI=1S/C36H26N4O12S2.Na/c41-33-25-7-3-1-5-23(25)29(17-27(33)35(43)44)39-37-21-13-11-19(31(15-21)53(47,48)49)9-10-20-12-14-22(16-32(20)54(50,51)52)38-40-30-18-28(36(45)46)34(42)26-8-4-2-6-24(26)30;/h1-8,11-18,41-42H,9-10H2,(H,43,44)(H,45,46)(H,47,48,49)(H,50,51,52);. The van der Waals surface area contributed by atoms with E-state index < -0.39 is 64.6 Å². The summed E-state index contributed by atoms with van der Waals surface area (Å²) < 4.78 is 69.8. The second-order valence-corrected chi connectivity index (χ2v) is 14.5. The third-order valence-electron chi connectivity index (χ3n) is 8.32. The fraction of sp³-hybridized carbons (Fsp3) is 0.0556. The number of fused-ring (bicyclic) bond motifs is 2. The Bertz CT molecular complexity index is 2640. The molecule has 275 valence electrons. The number of carbonyl (C=O) groups is 2. The summed E-state index contributed by atoms with van der Waals surface area (Å²) in [5, 5.41) is 57.1. The molecule has 0 spiro atoms. The van der Waals surface area contributed by atoms with Gasteiger partial charge in [-0.25, -0.2) is 9.59 Å². The van der Waals surface area contributed by atoms with Crippen molar-refractivity contribution >= 4 is 106 Å². The molecule has 0 aliphatic rings. The molecule has 0 aromatic heterocycles. The molecule has 0 fully saturated rings. The molecule has 0 amide bonds. The monoisotopic (exact) mass is 793 g/mol. The molecule has 6 aromatic rings. The van der Waals surface area contributed by atoms with Crippen molar-refractivity contribution in [3.63, 3.8) is 0 Å². The van der Waals surface area contributed by atoms with Gasteiger partial charge in [-0.05, 0) is 60.4 Å². The summed E-state index contributed by atoms with van der Waals surface area (Å²) >= 11 is 0. The summed E-state index contributed by atoms with van der Waals surface area (Å²) in [4.78, 5) is 22.3. The molecule has 0 saturated carbocycles. The van der Waals surface area contributed by atoms with E-state index in [0.717, 1.165) is 24.3 Å². The molecule has 0 aliphatic carbocycles. The molecule has 0 aliphatic heterocycles. The molecule has 55 heavy (non-hydrogen) atoms. The number of aryl methyl sites for hydroxylation is 2. The number of carboxylic acids is 2. The van der Waals surface area contributed by atoms with Crippen LogP contribution >= 0.6 is 0 Å². The Labute approximate surface area is 333 Å². The van der Waals surface area contributed by atoms with Gasteiger partial charge in [-0.2, -0.15) is 27.1 Å². The molecule has 0 saturated heterocycles. The zero-order chi connectivity index (χ0) is 38.9. The van der Waals surface area contributed by atoms with E-state index in [1.165, 1.54) is 36.4 Å². The van der Waals surface area contributed by atoms with Gasteiger partial charge < -0.3 is 20.4 Å². The van der Waals surface area contributed by atoms with Crippen molar-refractivity contribution in [2.45, 2.75) is 22.6 Å². The van der Waals surface area contributed by atoms with Gasteiger partial charge in [-0.15, -0.1) is 10.2 Å². The van der Waals surface area contributed by atoms with Crippen molar-refractivity contribution in [3.05, 3.63) is 119 Å². The second kappa shape index (κ2) is 16.0. The van der Waals surface area contributed by atoms with Crippen LogP contribution in [0.15, 0.2) is 127 Å². The number of carboxylic acid groups (broad SMARTS) is 2. The molecule has 16 nitrogen and oxygen atoms in total. The van der Waals surface area contributed by atoms with E-state index in [9.17, 15) is 56.0 Å². The minimum atomic E-state index is -4.87. The van der Waals surface area contributed by atoms with Crippen LogP contribution in [0.4, 0.5) is 22.7 Å². The summed E-state index contributed by atoms with van der Waals surface area (Å²) in [6.07, 6.45) is -0.310. The van der Waals surface area contributed by atoms with Crippen LogP contribution in [0.25, 0.3) is 21.5 Å². The fourth-order valence-corrected chi connectivity index (χ4v) is 7.31. The maximum absolute atomic E-state index is 12.4. The number of rotatable bonds is 11.